The van der Waals surface area contributed by atoms with Gasteiger partial charge in [0.05, 0.1) is 11.3 Å². The van der Waals surface area contributed by atoms with E-state index < -0.39 is 0 Å². The summed E-state index contributed by atoms with van der Waals surface area (Å²) in [6.45, 7) is 5.95. The molecule has 0 saturated carbocycles. The van der Waals surface area contributed by atoms with Crippen molar-refractivity contribution in [1.82, 2.24) is 4.98 Å². The molecule has 19 heavy (non-hydrogen) atoms. The number of thiazole rings is 1. The molecule has 2 aromatic rings. The van der Waals surface area contributed by atoms with Gasteiger partial charge in [-0.15, -0.1) is 11.3 Å². The summed E-state index contributed by atoms with van der Waals surface area (Å²) in [5.74, 6) is 0.587. The van der Waals surface area contributed by atoms with Crippen LogP contribution in [0.3, 0.4) is 0 Å². The maximum atomic E-state index is 11.6. The monoisotopic (exact) mass is 339 g/mol. The molecule has 1 heterocycles. The average molecular weight is 340 g/mol. The molecule has 100 valence electrons. The van der Waals surface area contributed by atoms with Gasteiger partial charge in [0.1, 0.15) is 17.4 Å². The van der Waals surface area contributed by atoms with Crippen LogP contribution in [0.5, 0.6) is 5.75 Å². The number of benzene rings is 1. The smallest absolute Gasteiger partial charge is 0.163 e. The highest BCUT2D eigenvalue weighted by atomic mass is 79.9. The van der Waals surface area contributed by atoms with Crippen molar-refractivity contribution in [1.29, 1.82) is 0 Å². The first-order chi connectivity index (χ1) is 8.97. The fraction of sp³-hybridized carbons (Fsp3) is 0.286. The van der Waals surface area contributed by atoms with Crippen LogP contribution in [0.25, 0.3) is 0 Å². The van der Waals surface area contributed by atoms with Crippen LogP contribution < -0.4 is 4.74 Å². The Morgan fingerprint density at radius 2 is 2.16 bits per heavy atom. The molecule has 1 aromatic carbocycles. The second-order valence-corrected chi connectivity index (χ2v) is 6.44. The van der Waals surface area contributed by atoms with Gasteiger partial charge in [0, 0.05) is 9.35 Å². The molecule has 0 N–H and O–H groups in total. The molecule has 0 spiro atoms. The molecule has 0 saturated heterocycles. The Hall–Kier alpha value is -1.20. The van der Waals surface area contributed by atoms with Gasteiger partial charge in [-0.2, -0.15) is 0 Å². The number of hydrogen-bond donors (Lipinski definition) is 0. The molecule has 0 amide bonds. The molecule has 0 aliphatic heterocycles. The summed E-state index contributed by atoms with van der Waals surface area (Å²) in [5, 5.41) is 0.924. The Morgan fingerprint density at radius 3 is 2.74 bits per heavy atom. The lowest BCUT2D eigenvalue weighted by molar-refractivity contribution is 0.101. The maximum absolute atomic E-state index is 11.6. The molecule has 0 radical (unpaired) electrons. The van der Waals surface area contributed by atoms with Crippen LogP contribution in [0.1, 0.15) is 32.9 Å². The van der Waals surface area contributed by atoms with Gasteiger partial charge in [0.2, 0.25) is 0 Å². The zero-order valence-electron chi connectivity index (χ0n) is 11.0. The summed E-state index contributed by atoms with van der Waals surface area (Å²) < 4.78 is 6.58. The number of carbonyl (C=O) groups excluding carboxylic acids is 1. The quantitative estimate of drug-likeness (QED) is 0.779. The minimum absolute atomic E-state index is 0.0113. The Morgan fingerprint density at radius 1 is 1.42 bits per heavy atom. The van der Waals surface area contributed by atoms with Crippen molar-refractivity contribution in [2.75, 3.05) is 0 Å². The predicted octanol–water partition coefficient (Wildman–Crippen LogP) is 4.30. The van der Waals surface area contributed by atoms with E-state index in [1.807, 2.05) is 19.9 Å². The van der Waals surface area contributed by atoms with E-state index in [1.54, 1.807) is 23.5 Å². The van der Waals surface area contributed by atoms with Crippen molar-refractivity contribution in [3.05, 3.63) is 43.8 Å². The molecule has 0 aliphatic rings. The van der Waals surface area contributed by atoms with Crippen molar-refractivity contribution in [2.45, 2.75) is 27.4 Å². The van der Waals surface area contributed by atoms with Crippen molar-refractivity contribution < 1.29 is 9.53 Å². The predicted molar refractivity (Wildman–Crippen MR) is 80.1 cm³/mol. The molecule has 0 fully saturated rings. The minimum Gasteiger partial charge on any atom is -0.486 e. The number of nitrogens with zero attached hydrogens (tertiary/aromatic N) is 1. The Kier molecular flexibility index (Phi) is 4.37. The van der Waals surface area contributed by atoms with Crippen LogP contribution in [0.2, 0.25) is 0 Å². The third-order valence-electron chi connectivity index (χ3n) is 2.74. The van der Waals surface area contributed by atoms with Gasteiger partial charge in [0.15, 0.2) is 5.78 Å². The molecule has 0 unspecified atom stereocenters. The van der Waals surface area contributed by atoms with E-state index in [0.29, 0.717) is 17.9 Å². The lowest BCUT2D eigenvalue weighted by Crippen LogP contribution is -2.01. The van der Waals surface area contributed by atoms with E-state index in [2.05, 4.69) is 20.9 Å². The van der Waals surface area contributed by atoms with E-state index in [0.717, 1.165) is 15.2 Å². The van der Waals surface area contributed by atoms with Gasteiger partial charge >= 0.3 is 0 Å². The van der Waals surface area contributed by atoms with Crippen LogP contribution >= 0.6 is 27.3 Å². The molecular formula is C14H14BrNO2S. The van der Waals surface area contributed by atoms with Crippen molar-refractivity contribution >= 4 is 33.0 Å². The van der Waals surface area contributed by atoms with Gasteiger partial charge in [-0.1, -0.05) is 15.9 Å². The largest absolute Gasteiger partial charge is 0.486 e. The van der Waals surface area contributed by atoms with Crippen molar-refractivity contribution in [3.63, 3.8) is 0 Å². The summed E-state index contributed by atoms with van der Waals surface area (Å²) >= 11 is 4.98. The molecule has 3 nitrogen and oxygen atoms in total. The lowest BCUT2D eigenvalue weighted by atomic mass is 10.1. The zero-order chi connectivity index (χ0) is 14.0. The van der Waals surface area contributed by atoms with Crippen molar-refractivity contribution in [3.8, 4) is 5.75 Å². The minimum atomic E-state index is -0.0113. The van der Waals surface area contributed by atoms with E-state index >= 15 is 0 Å². The number of ether oxygens (including phenoxy) is 1. The highest BCUT2D eigenvalue weighted by Crippen LogP contribution is 2.25. The molecule has 0 atom stereocenters. The number of rotatable bonds is 4. The molecule has 0 bridgehead atoms. The molecular weight excluding hydrogens is 326 g/mol. The number of halogens is 1. The van der Waals surface area contributed by atoms with E-state index in [-0.39, 0.29) is 5.78 Å². The second kappa shape index (κ2) is 5.84. The Bertz CT molecular complexity index is 602. The zero-order valence-corrected chi connectivity index (χ0v) is 13.4. The fourth-order valence-electron chi connectivity index (χ4n) is 1.64. The van der Waals surface area contributed by atoms with E-state index in [9.17, 15) is 4.79 Å². The first-order valence-corrected chi connectivity index (χ1v) is 7.44. The number of aromatic nitrogens is 1. The SMILES string of the molecule is CC(=O)c1cc(Br)ccc1OCc1nc(C)c(C)s1. The first kappa shape index (κ1) is 14.2. The number of aryl methyl sites for hydroxylation is 2. The van der Waals surface area contributed by atoms with Gasteiger partial charge in [-0.25, -0.2) is 4.98 Å². The lowest BCUT2D eigenvalue weighted by Gasteiger charge is -2.08. The van der Waals surface area contributed by atoms with Gasteiger partial charge in [-0.3, -0.25) is 4.79 Å². The number of ketones is 1. The standard InChI is InChI=1S/C14H14BrNO2S/c1-8-10(3)19-14(16-8)7-18-13-5-4-11(15)6-12(13)9(2)17/h4-6H,7H2,1-3H3. The van der Waals surface area contributed by atoms with Crippen LogP contribution in [0.15, 0.2) is 22.7 Å². The summed E-state index contributed by atoms with van der Waals surface area (Å²) in [5.41, 5.74) is 1.62. The normalized spacial score (nSPS) is 10.5. The topological polar surface area (TPSA) is 39.2 Å². The van der Waals surface area contributed by atoms with Crippen LogP contribution in [0, 0.1) is 13.8 Å². The molecule has 1 aromatic heterocycles. The highest BCUT2D eigenvalue weighted by molar-refractivity contribution is 9.10. The Labute approximate surface area is 124 Å². The number of Topliss-reactive ketones (excluding diaryl/α,β-unsaturated/α-hetero) is 1. The summed E-state index contributed by atoms with van der Waals surface area (Å²) in [6, 6.07) is 5.43. The van der Waals surface area contributed by atoms with Crippen molar-refractivity contribution in [2.24, 2.45) is 0 Å². The second-order valence-electron chi connectivity index (χ2n) is 4.23. The van der Waals surface area contributed by atoms with Crippen LogP contribution in [-0.2, 0) is 6.61 Å². The first-order valence-electron chi connectivity index (χ1n) is 5.83. The summed E-state index contributed by atoms with van der Waals surface area (Å²) in [6.07, 6.45) is 0. The molecule has 2 rings (SSSR count). The Balaban J connectivity index is 2.17. The third kappa shape index (κ3) is 3.42. The van der Waals surface area contributed by atoms with E-state index in [4.69, 9.17) is 4.74 Å². The number of carbonyl (C=O) groups is 1. The maximum Gasteiger partial charge on any atom is 0.163 e. The van der Waals surface area contributed by atoms with Gasteiger partial charge in [-0.05, 0) is 39.0 Å². The number of hydrogen-bond acceptors (Lipinski definition) is 4. The average Bonchev–Trinajstić information content (AvgIpc) is 2.67. The highest BCUT2D eigenvalue weighted by Gasteiger charge is 2.11. The van der Waals surface area contributed by atoms with E-state index in [1.165, 1.54) is 11.8 Å². The fourth-order valence-corrected chi connectivity index (χ4v) is 2.85. The summed E-state index contributed by atoms with van der Waals surface area (Å²) in [7, 11) is 0. The molecule has 5 heteroatoms. The summed E-state index contributed by atoms with van der Waals surface area (Å²) in [4.78, 5) is 17.2. The van der Waals surface area contributed by atoms with Crippen LogP contribution in [-0.4, -0.2) is 10.8 Å². The third-order valence-corrected chi connectivity index (χ3v) is 4.28. The van der Waals surface area contributed by atoms with Gasteiger partial charge in [0.25, 0.3) is 0 Å². The molecule has 0 aliphatic carbocycles. The van der Waals surface area contributed by atoms with Crippen LogP contribution in [0.4, 0.5) is 0 Å². The van der Waals surface area contributed by atoms with Gasteiger partial charge < -0.3 is 4.74 Å².